The minimum Gasteiger partial charge on any atom is -0.504 e. The van der Waals surface area contributed by atoms with Gasteiger partial charge in [0.15, 0.2) is 11.5 Å². The van der Waals surface area contributed by atoms with Crippen molar-refractivity contribution in [2.45, 2.75) is 0 Å². The molecule has 2 N–H and O–H groups in total. The summed E-state index contributed by atoms with van der Waals surface area (Å²) in [5.74, 6) is 0.0980. The third kappa shape index (κ3) is 3.26. The van der Waals surface area contributed by atoms with E-state index in [4.69, 9.17) is 4.74 Å². The van der Waals surface area contributed by atoms with Crippen LogP contribution in [0.4, 0.5) is 5.69 Å². The van der Waals surface area contributed by atoms with Crippen LogP contribution >= 0.6 is 15.9 Å². The second kappa shape index (κ2) is 5.75. The molecule has 0 aromatic heterocycles. The van der Waals surface area contributed by atoms with Crippen LogP contribution in [-0.2, 0) is 0 Å². The molecule has 0 aliphatic heterocycles. The van der Waals surface area contributed by atoms with Crippen LogP contribution in [0.3, 0.4) is 0 Å². The molecule has 0 atom stereocenters. The first-order chi connectivity index (χ1) is 9.10. The molecule has 98 valence electrons. The van der Waals surface area contributed by atoms with Crippen LogP contribution in [0.25, 0.3) is 0 Å². The highest BCUT2D eigenvalue weighted by Gasteiger charge is 2.08. The monoisotopic (exact) mass is 321 g/mol. The van der Waals surface area contributed by atoms with Gasteiger partial charge in [-0.25, -0.2) is 0 Å². The van der Waals surface area contributed by atoms with Gasteiger partial charge in [0.25, 0.3) is 5.91 Å². The molecule has 2 rings (SSSR count). The van der Waals surface area contributed by atoms with Crippen LogP contribution in [-0.4, -0.2) is 18.1 Å². The summed E-state index contributed by atoms with van der Waals surface area (Å²) in [5, 5.41) is 12.3. The molecule has 0 bridgehead atoms. The van der Waals surface area contributed by atoms with E-state index in [2.05, 4.69) is 21.2 Å². The third-order valence-electron chi connectivity index (χ3n) is 2.52. The van der Waals surface area contributed by atoms with Crippen molar-refractivity contribution in [2.75, 3.05) is 12.4 Å². The van der Waals surface area contributed by atoms with Gasteiger partial charge in [-0.2, -0.15) is 0 Å². The number of benzene rings is 2. The van der Waals surface area contributed by atoms with Gasteiger partial charge in [0.2, 0.25) is 0 Å². The zero-order chi connectivity index (χ0) is 13.8. The lowest BCUT2D eigenvalue weighted by Crippen LogP contribution is -2.11. The predicted molar refractivity (Wildman–Crippen MR) is 76.8 cm³/mol. The van der Waals surface area contributed by atoms with Crippen molar-refractivity contribution in [2.24, 2.45) is 0 Å². The summed E-state index contributed by atoms with van der Waals surface area (Å²) in [6.07, 6.45) is 0. The maximum Gasteiger partial charge on any atom is 0.255 e. The van der Waals surface area contributed by atoms with E-state index in [-0.39, 0.29) is 11.7 Å². The number of hydrogen-bond donors (Lipinski definition) is 2. The molecule has 0 unspecified atom stereocenters. The molecular formula is C14H12BrNO3. The minimum absolute atomic E-state index is 0.0189. The van der Waals surface area contributed by atoms with Crippen molar-refractivity contribution < 1.29 is 14.6 Å². The van der Waals surface area contributed by atoms with E-state index in [1.807, 2.05) is 6.07 Å². The van der Waals surface area contributed by atoms with Gasteiger partial charge in [0.05, 0.1) is 7.11 Å². The molecule has 0 fully saturated rings. The Balaban J connectivity index is 2.17. The van der Waals surface area contributed by atoms with Gasteiger partial charge in [-0.05, 0) is 30.3 Å². The molecule has 0 saturated heterocycles. The molecule has 0 spiro atoms. The summed E-state index contributed by atoms with van der Waals surface area (Å²) >= 11 is 3.31. The highest BCUT2D eigenvalue weighted by atomic mass is 79.9. The standard InChI is InChI=1S/C14H12BrNO3/c1-19-13-6-5-11(8-12(13)17)16-14(18)9-3-2-4-10(15)7-9/h2-8,17H,1H3,(H,16,18). The highest BCUT2D eigenvalue weighted by Crippen LogP contribution is 2.28. The fourth-order valence-corrected chi connectivity index (χ4v) is 2.00. The van der Waals surface area contributed by atoms with Crippen molar-refractivity contribution in [3.8, 4) is 11.5 Å². The van der Waals surface area contributed by atoms with Crippen LogP contribution in [0.15, 0.2) is 46.9 Å². The van der Waals surface area contributed by atoms with Crippen molar-refractivity contribution >= 4 is 27.5 Å². The Hall–Kier alpha value is -2.01. The number of phenolic OH excluding ortho intramolecular Hbond substituents is 1. The van der Waals surface area contributed by atoms with E-state index in [1.54, 1.807) is 30.3 Å². The first-order valence-electron chi connectivity index (χ1n) is 5.54. The summed E-state index contributed by atoms with van der Waals surface area (Å²) in [5.41, 5.74) is 1.04. The Bertz CT molecular complexity index is 613. The first kappa shape index (κ1) is 13.4. The van der Waals surface area contributed by atoms with E-state index >= 15 is 0 Å². The van der Waals surface area contributed by atoms with E-state index in [0.29, 0.717) is 17.0 Å². The van der Waals surface area contributed by atoms with Crippen molar-refractivity contribution in [1.29, 1.82) is 0 Å². The van der Waals surface area contributed by atoms with Crippen molar-refractivity contribution in [3.05, 3.63) is 52.5 Å². The highest BCUT2D eigenvalue weighted by molar-refractivity contribution is 9.10. The van der Waals surface area contributed by atoms with Crippen LogP contribution in [0.5, 0.6) is 11.5 Å². The van der Waals surface area contributed by atoms with E-state index in [0.717, 1.165) is 4.47 Å². The number of anilines is 1. The van der Waals surface area contributed by atoms with E-state index in [1.165, 1.54) is 13.2 Å². The Morgan fingerprint density at radius 3 is 2.68 bits per heavy atom. The summed E-state index contributed by atoms with van der Waals surface area (Å²) in [6, 6.07) is 11.7. The van der Waals surface area contributed by atoms with E-state index < -0.39 is 0 Å². The van der Waals surface area contributed by atoms with Crippen LogP contribution < -0.4 is 10.1 Å². The van der Waals surface area contributed by atoms with Gasteiger partial charge in [-0.3, -0.25) is 4.79 Å². The minimum atomic E-state index is -0.245. The van der Waals surface area contributed by atoms with Gasteiger partial charge in [0.1, 0.15) is 0 Å². The number of hydrogen-bond acceptors (Lipinski definition) is 3. The molecule has 0 radical (unpaired) electrons. The van der Waals surface area contributed by atoms with Gasteiger partial charge < -0.3 is 15.2 Å². The number of carbonyl (C=O) groups is 1. The molecule has 2 aromatic rings. The number of methoxy groups -OCH3 is 1. The number of nitrogens with one attached hydrogen (secondary N) is 1. The molecule has 0 heterocycles. The Labute approximate surface area is 119 Å². The van der Waals surface area contributed by atoms with Crippen LogP contribution in [0.2, 0.25) is 0 Å². The normalized spacial score (nSPS) is 10.0. The Morgan fingerprint density at radius 2 is 2.05 bits per heavy atom. The number of halogens is 1. The lowest BCUT2D eigenvalue weighted by atomic mass is 10.2. The SMILES string of the molecule is COc1ccc(NC(=O)c2cccc(Br)c2)cc1O. The fourth-order valence-electron chi connectivity index (χ4n) is 1.60. The van der Waals surface area contributed by atoms with Crippen LogP contribution in [0, 0.1) is 0 Å². The largest absolute Gasteiger partial charge is 0.504 e. The Morgan fingerprint density at radius 1 is 1.26 bits per heavy atom. The molecule has 1 amide bonds. The lowest BCUT2D eigenvalue weighted by Gasteiger charge is -2.08. The average Bonchev–Trinajstić information content (AvgIpc) is 2.39. The second-order valence-corrected chi connectivity index (χ2v) is 4.77. The zero-order valence-electron chi connectivity index (χ0n) is 10.2. The van der Waals surface area contributed by atoms with Gasteiger partial charge in [-0.1, -0.05) is 22.0 Å². The molecule has 5 heteroatoms. The molecule has 0 aliphatic carbocycles. The number of carbonyl (C=O) groups excluding carboxylic acids is 1. The lowest BCUT2D eigenvalue weighted by molar-refractivity contribution is 0.102. The van der Waals surface area contributed by atoms with Gasteiger partial charge in [0, 0.05) is 21.8 Å². The summed E-state index contributed by atoms with van der Waals surface area (Å²) in [6.45, 7) is 0. The molecule has 2 aromatic carbocycles. The van der Waals surface area contributed by atoms with Crippen molar-refractivity contribution in [3.63, 3.8) is 0 Å². The quantitative estimate of drug-likeness (QED) is 0.910. The number of amides is 1. The number of ether oxygens (including phenoxy) is 1. The second-order valence-electron chi connectivity index (χ2n) is 3.85. The summed E-state index contributed by atoms with van der Waals surface area (Å²) < 4.78 is 5.77. The molecule has 19 heavy (non-hydrogen) atoms. The van der Waals surface area contributed by atoms with Crippen LogP contribution in [0.1, 0.15) is 10.4 Å². The zero-order valence-corrected chi connectivity index (χ0v) is 11.8. The maximum absolute atomic E-state index is 12.0. The predicted octanol–water partition coefficient (Wildman–Crippen LogP) is 3.42. The number of rotatable bonds is 3. The molecule has 4 nitrogen and oxygen atoms in total. The fraction of sp³-hybridized carbons (Fsp3) is 0.0714. The van der Waals surface area contributed by atoms with Gasteiger partial charge >= 0.3 is 0 Å². The summed E-state index contributed by atoms with van der Waals surface area (Å²) in [4.78, 5) is 12.0. The van der Waals surface area contributed by atoms with Crippen molar-refractivity contribution in [1.82, 2.24) is 0 Å². The first-order valence-corrected chi connectivity index (χ1v) is 6.33. The van der Waals surface area contributed by atoms with E-state index in [9.17, 15) is 9.90 Å². The number of aromatic hydroxyl groups is 1. The van der Waals surface area contributed by atoms with Gasteiger partial charge in [-0.15, -0.1) is 0 Å². The topological polar surface area (TPSA) is 58.6 Å². The average molecular weight is 322 g/mol. The smallest absolute Gasteiger partial charge is 0.255 e. The Kier molecular flexibility index (Phi) is 4.06. The molecular weight excluding hydrogens is 310 g/mol. The molecule has 0 aliphatic rings. The maximum atomic E-state index is 12.0. The summed E-state index contributed by atoms with van der Waals surface area (Å²) in [7, 11) is 1.47. The number of phenols is 1. The molecule has 0 saturated carbocycles. The third-order valence-corrected chi connectivity index (χ3v) is 3.02.